The topological polar surface area (TPSA) is 46.5 Å². The van der Waals surface area contributed by atoms with Gasteiger partial charge in [-0.2, -0.15) is 0 Å². The van der Waals surface area contributed by atoms with Gasteiger partial charge in [-0.1, -0.05) is 18.2 Å². The monoisotopic (exact) mass is 238 g/mol. The van der Waals surface area contributed by atoms with Gasteiger partial charge in [0.25, 0.3) is 0 Å². The number of rotatable bonds is 6. The summed E-state index contributed by atoms with van der Waals surface area (Å²) in [5, 5.41) is 8.73. The average molecular weight is 238 g/mol. The van der Waals surface area contributed by atoms with E-state index < -0.39 is 5.97 Å². The first-order valence-electron chi connectivity index (χ1n) is 5.64. The van der Waals surface area contributed by atoms with Gasteiger partial charge in [0.1, 0.15) is 5.82 Å². The van der Waals surface area contributed by atoms with Gasteiger partial charge in [0, 0.05) is 11.0 Å². The van der Waals surface area contributed by atoms with E-state index in [1.165, 1.54) is 6.07 Å². The van der Waals surface area contributed by atoms with Crippen molar-refractivity contribution in [3.05, 3.63) is 35.6 Å². The first-order valence-corrected chi connectivity index (χ1v) is 5.64. The number of carboxylic acid groups (broad SMARTS) is 1. The molecule has 0 aromatic heterocycles. The summed E-state index contributed by atoms with van der Waals surface area (Å²) >= 11 is 0. The van der Waals surface area contributed by atoms with Crippen molar-refractivity contribution in [1.29, 1.82) is 0 Å². The Balaban J connectivity index is 1.80. The first kappa shape index (κ1) is 12.0. The molecule has 1 aromatic rings. The van der Waals surface area contributed by atoms with Crippen LogP contribution in [0, 0.1) is 11.2 Å². The highest BCUT2D eigenvalue weighted by Gasteiger charge is 2.44. The average Bonchev–Trinajstić information content (AvgIpc) is 3.00. The van der Waals surface area contributed by atoms with Crippen molar-refractivity contribution in [1.82, 2.24) is 0 Å². The van der Waals surface area contributed by atoms with Crippen LogP contribution in [0.15, 0.2) is 24.3 Å². The van der Waals surface area contributed by atoms with Crippen LogP contribution in [0.3, 0.4) is 0 Å². The maximum absolute atomic E-state index is 13.3. The Morgan fingerprint density at radius 1 is 1.41 bits per heavy atom. The summed E-state index contributed by atoms with van der Waals surface area (Å²) in [5.74, 6) is -1.08. The Labute approximate surface area is 99.2 Å². The summed E-state index contributed by atoms with van der Waals surface area (Å²) in [4.78, 5) is 10.6. The number of carboxylic acids is 1. The molecule has 1 aromatic carbocycles. The number of benzene rings is 1. The maximum atomic E-state index is 13.3. The van der Waals surface area contributed by atoms with Gasteiger partial charge in [-0.15, -0.1) is 0 Å². The van der Waals surface area contributed by atoms with E-state index in [-0.39, 0.29) is 24.3 Å². The van der Waals surface area contributed by atoms with Gasteiger partial charge in [-0.25, -0.2) is 4.39 Å². The molecule has 1 saturated carbocycles. The van der Waals surface area contributed by atoms with Crippen LogP contribution >= 0.6 is 0 Å². The molecule has 3 nitrogen and oxygen atoms in total. The van der Waals surface area contributed by atoms with Crippen molar-refractivity contribution in [3.63, 3.8) is 0 Å². The third-order valence-corrected chi connectivity index (χ3v) is 3.11. The van der Waals surface area contributed by atoms with E-state index in [4.69, 9.17) is 9.84 Å². The van der Waals surface area contributed by atoms with E-state index in [9.17, 15) is 9.18 Å². The Morgan fingerprint density at radius 3 is 2.71 bits per heavy atom. The van der Waals surface area contributed by atoms with E-state index >= 15 is 0 Å². The lowest BCUT2D eigenvalue weighted by Gasteiger charge is -2.13. The molecular formula is C13H15FO3. The van der Waals surface area contributed by atoms with Gasteiger partial charge in [0.15, 0.2) is 0 Å². The molecule has 0 unspecified atom stereocenters. The summed E-state index contributed by atoms with van der Waals surface area (Å²) in [6.07, 6.45) is 1.91. The highest BCUT2D eigenvalue weighted by atomic mass is 19.1. The second-order valence-corrected chi connectivity index (χ2v) is 4.65. The number of ether oxygens (including phenoxy) is 1. The third kappa shape index (κ3) is 3.27. The molecule has 1 N–H and O–H groups in total. The number of hydrogen-bond donors (Lipinski definition) is 1. The lowest BCUT2D eigenvalue weighted by molar-refractivity contribution is -0.139. The molecule has 2 rings (SSSR count). The van der Waals surface area contributed by atoms with Crippen LogP contribution < -0.4 is 0 Å². The van der Waals surface area contributed by atoms with Gasteiger partial charge in [-0.05, 0) is 18.9 Å². The highest BCUT2D eigenvalue weighted by molar-refractivity contribution is 5.68. The van der Waals surface area contributed by atoms with Gasteiger partial charge >= 0.3 is 5.97 Å². The number of halogens is 1. The first-order chi connectivity index (χ1) is 8.11. The van der Waals surface area contributed by atoms with Crippen LogP contribution in [-0.2, 0) is 16.1 Å². The molecule has 0 atom stereocenters. The molecule has 0 bridgehead atoms. The van der Waals surface area contributed by atoms with Crippen LogP contribution in [0.5, 0.6) is 0 Å². The molecule has 17 heavy (non-hydrogen) atoms. The molecule has 1 aliphatic carbocycles. The molecule has 0 aliphatic heterocycles. The van der Waals surface area contributed by atoms with Crippen molar-refractivity contribution in [2.45, 2.75) is 25.9 Å². The zero-order chi connectivity index (χ0) is 12.3. The molecule has 0 radical (unpaired) electrons. The van der Waals surface area contributed by atoms with E-state index in [1.54, 1.807) is 18.2 Å². The van der Waals surface area contributed by atoms with E-state index in [1.807, 2.05) is 0 Å². The fourth-order valence-corrected chi connectivity index (χ4v) is 1.86. The second-order valence-electron chi connectivity index (χ2n) is 4.65. The lowest BCUT2D eigenvalue weighted by atomic mass is 10.0. The molecule has 0 saturated heterocycles. The quantitative estimate of drug-likeness (QED) is 0.828. The Kier molecular flexibility index (Phi) is 3.43. The molecular weight excluding hydrogens is 223 g/mol. The normalized spacial score (nSPS) is 16.8. The van der Waals surface area contributed by atoms with Crippen LogP contribution in [0.1, 0.15) is 24.8 Å². The standard InChI is InChI=1S/C13H15FO3/c14-11-4-2-1-3-10(11)8-17-9-13(5-6-13)7-12(15)16/h1-4H,5-9H2,(H,15,16). The molecule has 4 heteroatoms. The molecule has 1 aliphatic rings. The summed E-state index contributed by atoms with van der Waals surface area (Å²) < 4.78 is 18.7. The summed E-state index contributed by atoms with van der Waals surface area (Å²) in [6.45, 7) is 0.599. The highest BCUT2D eigenvalue weighted by Crippen LogP contribution is 2.49. The second kappa shape index (κ2) is 4.84. The van der Waals surface area contributed by atoms with Gasteiger partial charge in [-0.3, -0.25) is 4.79 Å². The number of carbonyl (C=O) groups is 1. The van der Waals surface area contributed by atoms with Crippen molar-refractivity contribution >= 4 is 5.97 Å². The minimum atomic E-state index is -0.794. The largest absolute Gasteiger partial charge is 0.481 e. The number of aliphatic carboxylic acids is 1. The van der Waals surface area contributed by atoms with E-state index in [0.717, 1.165) is 12.8 Å². The summed E-state index contributed by atoms with van der Waals surface area (Å²) in [7, 11) is 0. The summed E-state index contributed by atoms with van der Waals surface area (Å²) in [5.41, 5.74) is 0.315. The van der Waals surface area contributed by atoms with Crippen LogP contribution in [-0.4, -0.2) is 17.7 Å². The molecule has 92 valence electrons. The lowest BCUT2D eigenvalue weighted by Crippen LogP contribution is -2.15. The molecule has 1 fully saturated rings. The van der Waals surface area contributed by atoms with Crippen molar-refractivity contribution in [2.24, 2.45) is 5.41 Å². The summed E-state index contributed by atoms with van der Waals surface area (Å²) in [6, 6.07) is 6.45. The van der Waals surface area contributed by atoms with Crippen LogP contribution in [0.2, 0.25) is 0 Å². The van der Waals surface area contributed by atoms with Crippen LogP contribution in [0.25, 0.3) is 0 Å². The zero-order valence-electron chi connectivity index (χ0n) is 9.49. The molecule has 0 spiro atoms. The van der Waals surface area contributed by atoms with E-state index in [0.29, 0.717) is 12.2 Å². The minimum absolute atomic E-state index is 0.143. The zero-order valence-corrected chi connectivity index (χ0v) is 9.49. The fourth-order valence-electron chi connectivity index (χ4n) is 1.86. The predicted octanol–water partition coefficient (Wildman–Crippen LogP) is 2.60. The smallest absolute Gasteiger partial charge is 0.303 e. The van der Waals surface area contributed by atoms with Gasteiger partial charge in [0.05, 0.1) is 19.6 Å². The van der Waals surface area contributed by atoms with Crippen molar-refractivity contribution in [3.8, 4) is 0 Å². The Bertz CT molecular complexity index is 413. The Morgan fingerprint density at radius 2 is 2.12 bits per heavy atom. The third-order valence-electron chi connectivity index (χ3n) is 3.11. The minimum Gasteiger partial charge on any atom is -0.481 e. The van der Waals surface area contributed by atoms with Gasteiger partial charge < -0.3 is 9.84 Å². The number of hydrogen-bond acceptors (Lipinski definition) is 2. The molecule has 0 heterocycles. The SMILES string of the molecule is O=C(O)CC1(COCc2ccccc2F)CC1. The van der Waals surface area contributed by atoms with Gasteiger partial charge in [0.2, 0.25) is 0 Å². The fraction of sp³-hybridized carbons (Fsp3) is 0.462. The predicted molar refractivity (Wildman–Crippen MR) is 60.0 cm³/mol. The van der Waals surface area contributed by atoms with E-state index in [2.05, 4.69) is 0 Å². The Hall–Kier alpha value is -1.42. The maximum Gasteiger partial charge on any atom is 0.303 e. The van der Waals surface area contributed by atoms with Crippen molar-refractivity contribution < 1.29 is 19.0 Å². The molecule has 0 amide bonds. The van der Waals surface area contributed by atoms with Crippen molar-refractivity contribution in [2.75, 3.05) is 6.61 Å². The van der Waals surface area contributed by atoms with Crippen LogP contribution in [0.4, 0.5) is 4.39 Å².